The molecule has 35 heavy (non-hydrogen) atoms. The fourth-order valence-corrected chi connectivity index (χ4v) is 4.33. The van der Waals surface area contributed by atoms with Crippen molar-refractivity contribution in [3.63, 3.8) is 0 Å². The van der Waals surface area contributed by atoms with E-state index in [4.69, 9.17) is 4.42 Å². The number of benzene rings is 1. The van der Waals surface area contributed by atoms with Gasteiger partial charge in [0.2, 0.25) is 0 Å². The molecule has 0 spiro atoms. The molecule has 0 radical (unpaired) electrons. The van der Waals surface area contributed by atoms with E-state index in [1.54, 1.807) is 23.7 Å². The van der Waals surface area contributed by atoms with E-state index in [1.807, 2.05) is 37.3 Å². The van der Waals surface area contributed by atoms with Gasteiger partial charge in [-0.25, -0.2) is 4.68 Å². The minimum absolute atomic E-state index is 0.0957. The molecular weight excluding hydrogens is 461 g/mol. The molecule has 8 nitrogen and oxygen atoms in total. The lowest BCUT2D eigenvalue weighted by Crippen LogP contribution is -2.35. The summed E-state index contributed by atoms with van der Waals surface area (Å²) in [5, 5.41) is 14.3. The van der Waals surface area contributed by atoms with Crippen LogP contribution >= 0.6 is 0 Å². The van der Waals surface area contributed by atoms with Gasteiger partial charge in [0.25, 0.3) is 5.91 Å². The van der Waals surface area contributed by atoms with Gasteiger partial charge in [0.15, 0.2) is 11.7 Å². The van der Waals surface area contributed by atoms with E-state index < -0.39 is 24.2 Å². The van der Waals surface area contributed by atoms with Gasteiger partial charge in [0, 0.05) is 12.5 Å². The lowest BCUT2D eigenvalue weighted by Gasteiger charge is -2.32. The van der Waals surface area contributed by atoms with Gasteiger partial charge in [0.1, 0.15) is 11.6 Å². The second-order valence-corrected chi connectivity index (χ2v) is 8.51. The van der Waals surface area contributed by atoms with E-state index in [0.717, 1.165) is 15.9 Å². The zero-order valence-corrected chi connectivity index (χ0v) is 19.0. The zero-order valence-electron chi connectivity index (χ0n) is 19.0. The van der Waals surface area contributed by atoms with Crippen molar-refractivity contribution in [2.75, 3.05) is 10.6 Å². The van der Waals surface area contributed by atoms with E-state index in [0.29, 0.717) is 23.7 Å². The van der Waals surface area contributed by atoms with Crippen molar-refractivity contribution in [3.05, 3.63) is 83.2 Å². The molecule has 1 aliphatic rings. The normalized spacial score (nSPS) is 17.6. The van der Waals surface area contributed by atoms with Crippen LogP contribution in [0.4, 0.5) is 24.7 Å². The number of aromatic nitrogens is 4. The smallest absolute Gasteiger partial charge is 0.410 e. The molecule has 0 saturated carbocycles. The number of hydrogen-bond donors (Lipinski definition) is 2. The van der Waals surface area contributed by atoms with Crippen molar-refractivity contribution in [1.82, 2.24) is 19.6 Å². The van der Waals surface area contributed by atoms with Crippen molar-refractivity contribution in [2.24, 2.45) is 0 Å². The van der Waals surface area contributed by atoms with Crippen LogP contribution in [0, 0.1) is 13.8 Å². The summed E-state index contributed by atoms with van der Waals surface area (Å²) in [5.74, 6) is -0.136. The zero-order chi connectivity index (χ0) is 24.7. The molecule has 1 aliphatic heterocycles. The SMILES string of the molecule is Cc1nn(Cc2ccccc2)c(C)c1NC(=O)c1cc2n(n1)[C@@H](C(F)(F)F)C[C@@H](c1ccco1)N2. The van der Waals surface area contributed by atoms with Crippen molar-refractivity contribution >= 4 is 17.4 Å². The molecule has 0 bridgehead atoms. The Morgan fingerprint density at radius 1 is 1.17 bits per heavy atom. The molecule has 1 amide bonds. The second kappa shape index (κ2) is 8.64. The molecular formula is C24H23F3N6O2. The van der Waals surface area contributed by atoms with Crippen molar-refractivity contribution in [2.45, 2.75) is 45.1 Å². The molecule has 0 aliphatic carbocycles. The van der Waals surface area contributed by atoms with Gasteiger partial charge in [0.05, 0.1) is 35.9 Å². The summed E-state index contributed by atoms with van der Waals surface area (Å²) in [7, 11) is 0. The lowest BCUT2D eigenvalue weighted by molar-refractivity contribution is -0.174. The summed E-state index contributed by atoms with van der Waals surface area (Å²) in [4.78, 5) is 13.0. The standard InChI is InChI=1S/C24H23F3N6O2/c1-14-22(15(2)32(30-14)13-16-7-4-3-5-8-16)29-23(34)18-12-21-28-17(19-9-6-10-35-19)11-20(24(25,26)27)33(21)31-18/h3-10,12,17,20,28H,11,13H2,1-2H3,(H,29,34)/t17-,20+/m0/s1. The Hall–Kier alpha value is -4.02. The lowest BCUT2D eigenvalue weighted by atomic mass is 10.0. The number of amides is 1. The number of nitrogens with zero attached hydrogens (tertiary/aromatic N) is 4. The summed E-state index contributed by atoms with van der Waals surface area (Å²) in [6.45, 7) is 4.11. The Morgan fingerprint density at radius 3 is 2.63 bits per heavy atom. The second-order valence-electron chi connectivity index (χ2n) is 8.51. The topological polar surface area (TPSA) is 89.9 Å². The summed E-state index contributed by atoms with van der Waals surface area (Å²) < 4.78 is 49.5. The van der Waals surface area contributed by atoms with E-state index in [9.17, 15) is 18.0 Å². The molecule has 3 aromatic heterocycles. The maximum absolute atomic E-state index is 13.8. The van der Waals surface area contributed by atoms with Crippen molar-refractivity contribution in [3.8, 4) is 0 Å². The average molecular weight is 484 g/mol. The first-order chi connectivity index (χ1) is 16.7. The number of halogens is 3. The fourth-order valence-electron chi connectivity index (χ4n) is 4.33. The van der Waals surface area contributed by atoms with Crippen molar-refractivity contribution in [1.29, 1.82) is 0 Å². The molecule has 2 atom stereocenters. The van der Waals surface area contributed by atoms with Gasteiger partial charge >= 0.3 is 6.18 Å². The van der Waals surface area contributed by atoms with Gasteiger partial charge in [-0.2, -0.15) is 23.4 Å². The molecule has 5 rings (SSSR count). The molecule has 11 heteroatoms. The number of nitrogens with one attached hydrogen (secondary N) is 2. The van der Waals surface area contributed by atoms with E-state index in [-0.39, 0.29) is 17.9 Å². The third-order valence-electron chi connectivity index (χ3n) is 6.10. The number of alkyl halides is 3. The maximum atomic E-state index is 13.8. The third-order valence-corrected chi connectivity index (χ3v) is 6.10. The van der Waals surface area contributed by atoms with Gasteiger partial charge in [-0.3, -0.25) is 9.48 Å². The highest BCUT2D eigenvalue weighted by Gasteiger charge is 2.47. The number of carbonyl (C=O) groups excluding carboxylic acids is 1. The predicted octanol–water partition coefficient (Wildman–Crippen LogP) is 5.25. The number of hydrogen-bond acceptors (Lipinski definition) is 5. The first kappa shape index (κ1) is 22.8. The quantitative estimate of drug-likeness (QED) is 0.404. The summed E-state index contributed by atoms with van der Waals surface area (Å²) in [6.07, 6.45) is -3.45. The highest BCUT2D eigenvalue weighted by molar-refractivity contribution is 6.04. The minimum Gasteiger partial charge on any atom is -0.467 e. The number of furan rings is 1. The Morgan fingerprint density at radius 2 is 1.94 bits per heavy atom. The first-order valence-electron chi connectivity index (χ1n) is 11.1. The number of aryl methyl sites for hydroxylation is 1. The van der Waals surface area contributed by atoms with Crippen LogP contribution in [0.15, 0.2) is 59.2 Å². The van der Waals surface area contributed by atoms with Crippen LogP contribution in [0.1, 0.15) is 51.7 Å². The highest BCUT2D eigenvalue weighted by Crippen LogP contribution is 2.43. The number of anilines is 2. The van der Waals surface area contributed by atoms with E-state index in [2.05, 4.69) is 20.8 Å². The number of fused-ring (bicyclic) bond motifs is 1. The average Bonchev–Trinajstić information content (AvgIpc) is 3.55. The molecule has 4 aromatic rings. The van der Waals surface area contributed by atoms with Gasteiger partial charge in [-0.05, 0) is 31.5 Å². The van der Waals surface area contributed by atoms with E-state index in [1.165, 1.54) is 12.3 Å². The summed E-state index contributed by atoms with van der Waals surface area (Å²) in [6, 6.07) is 11.7. The molecule has 1 aromatic carbocycles. The number of rotatable bonds is 5. The van der Waals surface area contributed by atoms with Crippen LogP contribution in [-0.4, -0.2) is 31.6 Å². The molecule has 0 unspecified atom stereocenters. The molecule has 4 heterocycles. The van der Waals surface area contributed by atoms with Gasteiger partial charge in [-0.1, -0.05) is 30.3 Å². The van der Waals surface area contributed by atoms with Crippen LogP contribution < -0.4 is 10.6 Å². The molecule has 0 fully saturated rings. The molecule has 0 saturated heterocycles. The van der Waals surface area contributed by atoms with Crippen molar-refractivity contribution < 1.29 is 22.4 Å². The fraction of sp³-hybridized carbons (Fsp3) is 0.292. The Kier molecular flexibility index (Phi) is 5.62. The van der Waals surface area contributed by atoms with Gasteiger partial charge < -0.3 is 15.1 Å². The van der Waals surface area contributed by atoms with E-state index >= 15 is 0 Å². The van der Waals surface area contributed by atoms with Gasteiger partial charge in [-0.15, -0.1) is 0 Å². The monoisotopic (exact) mass is 484 g/mol. The first-order valence-corrected chi connectivity index (χ1v) is 11.1. The maximum Gasteiger partial charge on any atom is 0.410 e. The number of carbonyl (C=O) groups is 1. The highest BCUT2D eigenvalue weighted by atomic mass is 19.4. The predicted molar refractivity (Wildman–Crippen MR) is 122 cm³/mol. The molecule has 182 valence electrons. The molecule has 2 N–H and O–H groups in total. The third kappa shape index (κ3) is 4.41. The Labute approximate surface area is 198 Å². The van der Waals surface area contributed by atoms with Crippen LogP contribution in [0.2, 0.25) is 0 Å². The largest absolute Gasteiger partial charge is 0.467 e. The Bertz CT molecular complexity index is 1340. The van der Waals surface area contributed by atoms with Crippen LogP contribution in [0.25, 0.3) is 0 Å². The van der Waals surface area contributed by atoms with Crippen LogP contribution in [0.5, 0.6) is 0 Å². The Balaban J connectivity index is 1.40. The van der Waals surface area contributed by atoms with Crippen LogP contribution in [0.3, 0.4) is 0 Å². The summed E-state index contributed by atoms with van der Waals surface area (Å²) in [5.41, 5.74) is 2.75. The summed E-state index contributed by atoms with van der Waals surface area (Å²) >= 11 is 0. The minimum atomic E-state index is -4.55. The van der Waals surface area contributed by atoms with Crippen LogP contribution in [-0.2, 0) is 6.54 Å².